The number of hydrogen-bond donors (Lipinski definition) is 0. The van der Waals surface area contributed by atoms with Crippen molar-refractivity contribution in [1.29, 1.82) is 0 Å². The molecular formula is C17H17BrFN. The minimum Gasteiger partial charge on any atom is -0.368 e. The monoisotopic (exact) mass is 333 g/mol. The zero-order valence-electron chi connectivity index (χ0n) is 11.2. The number of benzene rings is 2. The molecule has 0 aliphatic carbocycles. The van der Waals surface area contributed by atoms with Gasteiger partial charge in [0.1, 0.15) is 5.82 Å². The van der Waals surface area contributed by atoms with Crippen LogP contribution in [0.4, 0.5) is 10.1 Å². The topological polar surface area (TPSA) is 3.24 Å². The summed E-state index contributed by atoms with van der Waals surface area (Å²) >= 11 is 3.46. The number of para-hydroxylation sites is 1. The maximum absolute atomic E-state index is 14.2. The van der Waals surface area contributed by atoms with E-state index in [9.17, 15) is 4.39 Å². The molecular weight excluding hydrogens is 317 g/mol. The molecule has 1 atom stereocenters. The lowest BCUT2D eigenvalue weighted by molar-refractivity contribution is 0.621. The molecule has 1 heterocycles. The Bertz CT molecular complexity index is 585. The molecule has 0 N–H and O–H groups in total. The van der Waals surface area contributed by atoms with Crippen LogP contribution in [0.15, 0.2) is 48.5 Å². The zero-order chi connectivity index (χ0) is 13.9. The van der Waals surface area contributed by atoms with E-state index >= 15 is 0 Å². The van der Waals surface area contributed by atoms with Crippen LogP contribution in [0, 0.1) is 5.82 Å². The molecule has 1 aliphatic rings. The summed E-state index contributed by atoms with van der Waals surface area (Å²) in [7, 11) is 0. The maximum atomic E-state index is 14.2. The molecule has 0 bridgehead atoms. The van der Waals surface area contributed by atoms with Gasteiger partial charge >= 0.3 is 0 Å². The van der Waals surface area contributed by atoms with Crippen molar-refractivity contribution in [2.75, 3.05) is 18.0 Å². The molecule has 20 heavy (non-hydrogen) atoms. The van der Waals surface area contributed by atoms with Crippen LogP contribution < -0.4 is 4.90 Å². The number of nitrogens with zero attached hydrogens (tertiary/aromatic N) is 1. The smallest absolute Gasteiger partial charge is 0.146 e. The van der Waals surface area contributed by atoms with E-state index in [4.69, 9.17) is 0 Å². The fraction of sp³-hybridized carbons (Fsp3) is 0.294. The highest BCUT2D eigenvalue weighted by Crippen LogP contribution is 2.34. The Morgan fingerprint density at radius 2 is 1.90 bits per heavy atom. The highest BCUT2D eigenvalue weighted by molar-refractivity contribution is 9.08. The lowest BCUT2D eigenvalue weighted by atomic mass is 9.99. The molecule has 0 radical (unpaired) electrons. The Labute approximate surface area is 127 Å². The van der Waals surface area contributed by atoms with E-state index < -0.39 is 0 Å². The van der Waals surface area contributed by atoms with E-state index in [0.29, 0.717) is 11.2 Å². The van der Waals surface area contributed by atoms with Crippen molar-refractivity contribution in [1.82, 2.24) is 0 Å². The first-order valence-corrected chi connectivity index (χ1v) is 8.05. The normalized spacial score (nSPS) is 18.5. The molecule has 2 aromatic carbocycles. The van der Waals surface area contributed by atoms with Crippen molar-refractivity contribution in [2.24, 2.45) is 0 Å². The summed E-state index contributed by atoms with van der Waals surface area (Å²) in [5.41, 5.74) is 3.15. The lowest BCUT2D eigenvalue weighted by Crippen LogP contribution is -2.21. The second kappa shape index (κ2) is 5.96. The maximum Gasteiger partial charge on any atom is 0.146 e. The van der Waals surface area contributed by atoms with Crippen LogP contribution in [-0.2, 0) is 5.33 Å². The Kier molecular flexibility index (Phi) is 4.06. The molecule has 0 aromatic heterocycles. The van der Waals surface area contributed by atoms with Crippen LogP contribution in [0.5, 0.6) is 0 Å². The molecule has 1 saturated heterocycles. The number of anilines is 1. The van der Waals surface area contributed by atoms with Gasteiger partial charge in [-0.2, -0.15) is 0 Å². The van der Waals surface area contributed by atoms with Gasteiger partial charge in [0.25, 0.3) is 0 Å². The van der Waals surface area contributed by atoms with E-state index in [1.54, 1.807) is 12.1 Å². The fourth-order valence-electron chi connectivity index (χ4n) is 2.98. The van der Waals surface area contributed by atoms with Crippen LogP contribution >= 0.6 is 15.9 Å². The average Bonchev–Trinajstić information content (AvgIpc) is 2.97. The third kappa shape index (κ3) is 2.59. The first-order chi connectivity index (χ1) is 9.79. The van der Waals surface area contributed by atoms with Gasteiger partial charge in [-0.05, 0) is 23.6 Å². The standard InChI is InChI=1S/C17H17BrFN/c18-11-14-7-4-8-16(19)17(14)20-10-9-15(12-20)13-5-2-1-3-6-13/h1-8,15H,9-12H2. The van der Waals surface area contributed by atoms with Crippen molar-refractivity contribution >= 4 is 21.6 Å². The van der Waals surface area contributed by atoms with E-state index in [0.717, 1.165) is 30.8 Å². The highest BCUT2D eigenvalue weighted by Gasteiger charge is 2.26. The highest BCUT2D eigenvalue weighted by atomic mass is 79.9. The molecule has 104 valence electrons. The first kappa shape index (κ1) is 13.6. The van der Waals surface area contributed by atoms with Gasteiger partial charge in [0, 0.05) is 24.3 Å². The molecule has 0 spiro atoms. The van der Waals surface area contributed by atoms with Gasteiger partial charge in [-0.3, -0.25) is 0 Å². The Morgan fingerprint density at radius 3 is 2.65 bits per heavy atom. The van der Waals surface area contributed by atoms with Gasteiger partial charge in [0.05, 0.1) is 5.69 Å². The summed E-state index contributed by atoms with van der Waals surface area (Å²) in [6, 6.07) is 15.8. The summed E-state index contributed by atoms with van der Waals surface area (Å²) in [5, 5.41) is 0.687. The Balaban J connectivity index is 1.84. The Hall–Kier alpha value is -1.35. The number of alkyl halides is 1. The fourth-order valence-corrected chi connectivity index (χ4v) is 3.44. The van der Waals surface area contributed by atoms with Crippen molar-refractivity contribution in [3.8, 4) is 0 Å². The first-order valence-electron chi connectivity index (χ1n) is 6.93. The predicted molar refractivity (Wildman–Crippen MR) is 85.0 cm³/mol. The van der Waals surface area contributed by atoms with Crippen LogP contribution in [0.1, 0.15) is 23.5 Å². The number of hydrogen-bond acceptors (Lipinski definition) is 1. The average molecular weight is 334 g/mol. The van der Waals surface area contributed by atoms with Crippen LogP contribution in [-0.4, -0.2) is 13.1 Å². The number of halogens is 2. The summed E-state index contributed by atoms with van der Waals surface area (Å²) in [6.45, 7) is 1.81. The van der Waals surface area contributed by atoms with E-state index in [1.165, 1.54) is 5.56 Å². The SMILES string of the molecule is Fc1cccc(CBr)c1N1CCC(c2ccccc2)C1. The summed E-state index contributed by atoms with van der Waals surface area (Å²) in [4.78, 5) is 2.18. The Morgan fingerprint density at radius 1 is 1.10 bits per heavy atom. The van der Waals surface area contributed by atoms with Crippen molar-refractivity contribution in [3.05, 3.63) is 65.5 Å². The van der Waals surface area contributed by atoms with E-state index in [-0.39, 0.29) is 5.82 Å². The summed E-state index contributed by atoms with van der Waals surface area (Å²) in [6.07, 6.45) is 1.08. The van der Waals surface area contributed by atoms with Crippen molar-refractivity contribution in [2.45, 2.75) is 17.7 Å². The molecule has 3 rings (SSSR count). The van der Waals surface area contributed by atoms with Gasteiger partial charge in [0.2, 0.25) is 0 Å². The van der Waals surface area contributed by atoms with Gasteiger partial charge in [-0.25, -0.2) is 4.39 Å². The molecule has 0 amide bonds. The van der Waals surface area contributed by atoms with Gasteiger partial charge in [-0.1, -0.05) is 58.4 Å². The third-order valence-electron chi connectivity index (χ3n) is 3.99. The minimum absolute atomic E-state index is 0.115. The molecule has 2 aromatic rings. The second-order valence-electron chi connectivity index (χ2n) is 5.22. The van der Waals surface area contributed by atoms with Crippen LogP contribution in [0.2, 0.25) is 0 Å². The largest absolute Gasteiger partial charge is 0.368 e. The molecule has 0 saturated carbocycles. The minimum atomic E-state index is -0.115. The van der Waals surface area contributed by atoms with Crippen molar-refractivity contribution in [3.63, 3.8) is 0 Å². The van der Waals surface area contributed by atoms with Crippen LogP contribution in [0.25, 0.3) is 0 Å². The zero-order valence-corrected chi connectivity index (χ0v) is 12.8. The van der Waals surface area contributed by atoms with Crippen molar-refractivity contribution < 1.29 is 4.39 Å². The second-order valence-corrected chi connectivity index (χ2v) is 5.78. The van der Waals surface area contributed by atoms with Crippen LogP contribution in [0.3, 0.4) is 0 Å². The molecule has 1 unspecified atom stereocenters. The molecule has 3 heteroatoms. The number of rotatable bonds is 3. The van der Waals surface area contributed by atoms with Gasteiger partial charge in [-0.15, -0.1) is 0 Å². The summed E-state index contributed by atoms with van der Waals surface area (Å²) in [5.74, 6) is 0.384. The summed E-state index contributed by atoms with van der Waals surface area (Å²) < 4.78 is 14.2. The van der Waals surface area contributed by atoms with Gasteiger partial charge in [0.15, 0.2) is 0 Å². The van der Waals surface area contributed by atoms with E-state index in [2.05, 4.69) is 45.1 Å². The third-order valence-corrected chi connectivity index (χ3v) is 4.59. The quantitative estimate of drug-likeness (QED) is 0.735. The molecule has 1 nitrogen and oxygen atoms in total. The lowest BCUT2D eigenvalue weighted by Gasteiger charge is -2.22. The predicted octanol–water partition coefficient (Wildman–Crippen LogP) is 4.71. The molecule has 1 fully saturated rings. The van der Waals surface area contributed by atoms with E-state index in [1.807, 2.05) is 12.1 Å². The van der Waals surface area contributed by atoms with Gasteiger partial charge < -0.3 is 4.90 Å². The molecule has 1 aliphatic heterocycles.